The fourth-order valence-corrected chi connectivity index (χ4v) is 3.60. The monoisotopic (exact) mass is 525 g/mol. The predicted octanol–water partition coefficient (Wildman–Crippen LogP) is 3.29. The van der Waals surface area contributed by atoms with Crippen LogP contribution in [0.25, 0.3) is 0 Å². The van der Waals surface area contributed by atoms with Crippen LogP contribution in [0.4, 0.5) is 4.79 Å². The molecule has 0 unspecified atom stereocenters. The number of Topliss-reactive ketones (excluding diaryl/α,β-unsaturated/α-hetero) is 1. The van der Waals surface area contributed by atoms with E-state index in [1.807, 2.05) is 60.7 Å². The highest BCUT2D eigenvalue weighted by Crippen LogP contribution is 2.12. The maximum atomic E-state index is 13.3. The maximum absolute atomic E-state index is 13.3. The number of alkyl carbamates (subject to hydrolysis) is 1. The number of hydrogen-bond acceptors (Lipinski definition) is 7. The molecule has 0 aliphatic carbocycles. The van der Waals surface area contributed by atoms with Crippen LogP contribution in [0.5, 0.6) is 0 Å². The molecule has 2 rings (SSSR count). The average molecular weight is 526 g/mol. The van der Waals surface area contributed by atoms with Crippen molar-refractivity contribution in [1.82, 2.24) is 10.6 Å². The van der Waals surface area contributed by atoms with Gasteiger partial charge in [-0.05, 0) is 44.2 Å². The van der Waals surface area contributed by atoms with Crippen LogP contribution in [-0.2, 0) is 36.9 Å². The van der Waals surface area contributed by atoms with Crippen LogP contribution in [0, 0.1) is 5.92 Å². The summed E-state index contributed by atoms with van der Waals surface area (Å²) in [4.78, 5) is 51.2. The second-order valence-corrected chi connectivity index (χ2v) is 10.5. The van der Waals surface area contributed by atoms with E-state index in [-0.39, 0.29) is 25.4 Å². The molecule has 206 valence electrons. The summed E-state index contributed by atoms with van der Waals surface area (Å²) in [7, 11) is 0. The van der Waals surface area contributed by atoms with E-state index in [1.165, 1.54) is 0 Å². The summed E-state index contributed by atoms with van der Waals surface area (Å²) >= 11 is 0. The molecule has 0 radical (unpaired) electrons. The Morgan fingerprint density at radius 1 is 0.868 bits per heavy atom. The van der Waals surface area contributed by atoms with Gasteiger partial charge in [0, 0.05) is 6.42 Å². The summed E-state index contributed by atoms with van der Waals surface area (Å²) < 4.78 is 10.5. The van der Waals surface area contributed by atoms with Crippen molar-refractivity contribution in [3.63, 3.8) is 0 Å². The lowest BCUT2D eigenvalue weighted by Gasteiger charge is -2.27. The van der Waals surface area contributed by atoms with Gasteiger partial charge in [0.25, 0.3) is 0 Å². The van der Waals surface area contributed by atoms with E-state index in [4.69, 9.17) is 15.2 Å². The first-order valence-corrected chi connectivity index (χ1v) is 12.7. The Bertz CT molecular complexity index is 1070. The van der Waals surface area contributed by atoms with E-state index in [9.17, 15) is 19.2 Å². The van der Waals surface area contributed by atoms with Gasteiger partial charge in [0.1, 0.15) is 24.3 Å². The number of carbonyl (C=O) groups is 4. The summed E-state index contributed by atoms with van der Waals surface area (Å²) in [5, 5.41) is 5.34. The zero-order valence-corrected chi connectivity index (χ0v) is 22.7. The number of nitrogens with one attached hydrogen (secondary N) is 2. The molecular weight excluding hydrogens is 486 g/mol. The molecule has 2 amide bonds. The maximum Gasteiger partial charge on any atom is 0.408 e. The molecule has 0 bridgehead atoms. The lowest BCUT2D eigenvalue weighted by Crippen LogP contribution is -2.55. The predicted molar refractivity (Wildman–Crippen MR) is 144 cm³/mol. The Labute approximate surface area is 224 Å². The quantitative estimate of drug-likeness (QED) is 0.362. The molecule has 0 saturated carbocycles. The van der Waals surface area contributed by atoms with Gasteiger partial charge in [-0.15, -0.1) is 0 Å². The third-order valence-corrected chi connectivity index (χ3v) is 5.56. The number of nitrogens with two attached hydrogens (primary N) is 1. The second kappa shape index (κ2) is 14.3. The van der Waals surface area contributed by atoms with Gasteiger partial charge in [-0.25, -0.2) is 4.79 Å². The minimum Gasteiger partial charge on any atom is -0.460 e. The second-order valence-electron chi connectivity index (χ2n) is 10.5. The van der Waals surface area contributed by atoms with Crippen LogP contribution in [0.3, 0.4) is 0 Å². The fourth-order valence-electron chi connectivity index (χ4n) is 3.60. The number of esters is 1. The number of ketones is 1. The topological polar surface area (TPSA) is 137 Å². The van der Waals surface area contributed by atoms with Gasteiger partial charge >= 0.3 is 12.1 Å². The first kappa shape index (κ1) is 30.5. The highest BCUT2D eigenvalue weighted by atomic mass is 16.6. The molecule has 9 nitrogen and oxygen atoms in total. The molecule has 0 spiro atoms. The van der Waals surface area contributed by atoms with Crippen LogP contribution >= 0.6 is 0 Å². The van der Waals surface area contributed by atoms with E-state index in [0.29, 0.717) is 0 Å². The number of amides is 2. The average Bonchev–Trinajstić information content (AvgIpc) is 2.85. The number of carbonyl (C=O) groups excluding carboxylic acids is 4. The van der Waals surface area contributed by atoms with Gasteiger partial charge in [-0.3, -0.25) is 14.4 Å². The van der Waals surface area contributed by atoms with Gasteiger partial charge in [0.2, 0.25) is 5.91 Å². The molecule has 0 aliphatic rings. The Balaban J connectivity index is 2.10. The molecule has 0 heterocycles. The Morgan fingerprint density at radius 3 is 1.95 bits per heavy atom. The van der Waals surface area contributed by atoms with E-state index < -0.39 is 47.5 Å². The summed E-state index contributed by atoms with van der Waals surface area (Å²) in [6.45, 7) is 8.75. The van der Waals surface area contributed by atoms with Crippen LogP contribution in [0.15, 0.2) is 60.7 Å². The van der Waals surface area contributed by atoms with E-state index >= 15 is 0 Å². The minimum atomic E-state index is -1.19. The van der Waals surface area contributed by atoms with Crippen molar-refractivity contribution < 1.29 is 28.7 Å². The van der Waals surface area contributed by atoms with Crippen LogP contribution in [-0.4, -0.2) is 47.5 Å². The highest BCUT2D eigenvalue weighted by molar-refractivity contribution is 5.94. The molecule has 2 aromatic rings. The third kappa shape index (κ3) is 10.7. The molecule has 0 aliphatic heterocycles. The largest absolute Gasteiger partial charge is 0.460 e. The number of benzene rings is 2. The molecule has 4 N–H and O–H groups in total. The van der Waals surface area contributed by atoms with E-state index in [2.05, 4.69) is 10.6 Å². The smallest absolute Gasteiger partial charge is 0.408 e. The Hall–Kier alpha value is -3.72. The lowest BCUT2D eigenvalue weighted by atomic mass is 9.96. The van der Waals surface area contributed by atoms with Crippen molar-refractivity contribution in [2.45, 2.75) is 77.8 Å². The summed E-state index contributed by atoms with van der Waals surface area (Å²) in [5.74, 6) is -1.96. The zero-order chi connectivity index (χ0) is 28.3. The highest BCUT2D eigenvalue weighted by Gasteiger charge is 2.32. The lowest BCUT2D eigenvalue weighted by molar-refractivity contribution is -0.148. The minimum absolute atomic E-state index is 0.0398. The number of ether oxygens (including phenoxy) is 2. The molecule has 0 fully saturated rings. The van der Waals surface area contributed by atoms with Crippen molar-refractivity contribution in [3.05, 3.63) is 71.8 Å². The fraction of sp³-hybridized carbons (Fsp3) is 0.448. The molecule has 9 heteroatoms. The first-order valence-electron chi connectivity index (χ1n) is 12.7. The first-order chi connectivity index (χ1) is 17.9. The number of hydrogen-bond donors (Lipinski definition) is 3. The Kier molecular flexibility index (Phi) is 11.5. The van der Waals surface area contributed by atoms with Crippen molar-refractivity contribution in [2.24, 2.45) is 11.7 Å². The van der Waals surface area contributed by atoms with Gasteiger partial charge in [-0.1, -0.05) is 74.5 Å². The molecule has 0 saturated heterocycles. The molecular formula is C29H39N3O6. The van der Waals surface area contributed by atoms with Crippen molar-refractivity contribution >= 4 is 23.8 Å². The van der Waals surface area contributed by atoms with Gasteiger partial charge < -0.3 is 25.8 Å². The van der Waals surface area contributed by atoms with Crippen LogP contribution in [0.1, 0.15) is 52.2 Å². The van der Waals surface area contributed by atoms with Gasteiger partial charge in [0.05, 0.1) is 6.04 Å². The van der Waals surface area contributed by atoms with Crippen molar-refractivity contribution in [3.8, 4) is 0 Å². The standard InChI is InChI=1S/C29H39N3O6/c1-19(2)25(32-28(36)38-29(3,4)5)26(34)31-23(16-20-12-8-6-9-13-20)24(33)17-22(30)27(35)37-18-21-14-10-7-11-15-21/h6-15,19,22-23,25H,16-18,30H2,1-5H3,(H,31,34)(H,32,36)/t22-,23-,25-/m0/s1. The summed E-state index contributed by atoms with van der Waals surface area (Å²) in [6.07, 6.45) is -0.869. The SMILES string of the molecule is CC(C)[C@H](NC(=O)OC(C)(C)C)C(=O)N[C@@H](Cc1ccccc1)C(=O)C[C@H](N)C(=O)OCc1ccccc1. The van der Waals surface area contributed by atoms with E-state index in [0.717, 1.165) is 11.1 Å². The number of rotatable bonds is 12. The van der Waals surface area contributed by atoms with Gasteiger partial charge in [-0.2, -0.15) is 0 Å². The van der Waals surface area contributed by atoms with E-state index in [1.54, 1.807) is 34.6 Å². The Morgan fingerprint density at radius 2 is 1.42 bits per heavy atom. The normalized spacial score (nSPS) is 13.7. The van der Waals surface area contributed by atoms with Crippen molar-refractivity contribution in [2.75, 3.05) is 0 Å². The summed E-state index contributed by atoms with van der Waals surface area (Å²) in [5.41, 5.74) is 6.87. The van der Waals surface area contributed by atoms with Crippen LogP contribution < -0.4 is 16.4 Å². The zero-order valence-electron chi connectivity index (χ0n) is 22.7. The van der Waals surface area contributed by atoms with Gasteiger partial charge in [0.15, 0.2) is 5.78 Å². The van der Waals surface area contributed by atoms with Crippen molar-refractivity contribution in [1.29, 1.82) is 0 Å². The molecule has 38 heavy (non-hydrogen) atoms. The molecule has 3 atom stereocenters. The third-order valence-electron chi connectivity index (χ3n) is 5.56. The summed E-state index contributed by atoms with van der Waals surface area (Å²) in [6, 6.07) is 15.2. The molecule has 0 aromatic heterocycles. The van der Waals surface area contributed by atoms with Crippen LogP contribution in [0.2, 0.25) is 0 Å². The molecule has 2 aromatic carbocycles.